The number of aromatic nitrogens is 1. The first-order chi connectivity index (χ1) is 10.5. The van der Waals surface area contributed by atoms with E-state index in [1.165, 1.54) is 0 Å². The molecule has 0 saturated carbocycles. The van der Waals surface area contributed by atoms with Crippen LogP contribution in [0.3, 0.4) is 0 Å². The number of carboxylic acids is 1. The van der Waals surface area contributed by atoms with Gasteiger partial charge < -0.3 is 16.2 Å². The molecule has 0 saturated heterocycles. The number of benzene rings is 1. The summed E-state index contributed by atoms with van der Waals surface area (Å²) in [6, 6.07) is 6.84. The maximum Gasteiger partial charge on any atom is 0.348 e. The number of hydrogen-bond donors (Lipinski definition) is 3. The molecule has 1 amide bonds. The van der Waals surface area contributed by atoms with Crippen LogP contribution in [-0.2, 0) is 4.79 Å². The fourth-order valence-corrected chi connectivity index (χ4v) is 2.76. The van der Waals surface area contributed by atoms with Gasteiger partial charge in [-0.25, -0.2) is 9.78 Å². The summed E-state index contributed by atoms with van der Waals surface area (Å²) in [4.78, 5) is 27.4. The van der Waals surface area contributed by atoms with Crippen LogP contribution < -0.4 is 11.1 Å². The zero-order chi connectivity index (χ0) is 16.1. The van der Waals surface area contributed by atoms with Gasteiger partial charge in [0.25, 0.3) is 0 Å². The number of unbranched alkanes of at least 4 members (excludes halogenated alkanes) is 1. The molecule has 4 N–H and O–H groups in total. The van der Waals surface area contributed by atoms with E-state index in [0.29, 0.717) is 23.4 Å². The van der Waals surface area contributed by atoms with Gasteiger partial charge in [-0.3, -0.25) is 4.79 Å². The Balaban J connectivity index is 2.30. The molecule has 1 aromatic heterocycles. The molecule has 7 heteroatoms. The Labute approximate surface area is 132 Å². The van der Waals surface area contributed by atoms with E-state index in [2.05, 4.69) is 10.3 Å². The molecule has 22 heavy (non-hydrogen) atoms. The van der Waals surface area contributed by atoms with Crippen molar-refractivity contribution in [1.82, 2.24) is 4.98 Å². The molecular weight excluding hydrogens is 302 g/mol. The molecule has 0 aliphatic carbocycles. The van der Waals surface area contributed by atoms with Crippen molar-refractivity contribution in [1.29, 1.82) is 0 Å². The first-order valence-electron chi connectivity index (χ1n) is 6.91. The second-order valence-corrected chi connectivity index (χ2v) is 5.78. The number of rotatable bonds is 6. The molecule has 2 rings (SSSR count). The molecular formula is C15H17N3O3S. The molecule has 1 aromatic carbocycles. The van der Waals surface area contributed by atoms with Crippen molar-refractivity contribution < 1.29 is 14.7 Å². The molecule has 0 unspecified atom stereocenters. The minimum atomic E-state index is -1.08. The number of thiazole rings is 1. The third kappa shape index (κ3) is 3.82. The van der Waals surface area contributed by atoms with E-state index in [9.17, 15) is 14.7 Å². The fraction of sp³-hybridized carbons (Fsp3) is 0.267. The lowest BCUT2D eigenvalue weighted by Gasteiger charge is -2.01. The van der Waals surface area contributed by atoms with Crippen molar-refractivity contribution in [2.24, 2.45) is 0 Å². The fourth-order valence-electron chi connectivity index (χ4n) is 1.92. The Bertz CT molecular complexity index is 697. The van der Waals surface area contributed by atoms with Gasteiger partial charge in [0, 0.05) is 17.7 Å². The largest absolute Gasteiger partial charge is 0.477 e. The van der Waals surface area contributed by atoms with Gasteiger partial charge in [-0.2, -0.15) is 0 Å². The zero-order valence-corrected chi connectivity index (χ0v) is 12.9. The number of carbonyl (C=O) groups is 2. The van der Waals surface area contributed by atoms with E-state index in [4.69, 9.17) is 5.73 Å². The van der Waals surface area contributed by atoms with Gasteiger partial charge in [-0.1, -0.05) is 36.8 Å². The third-order valence-electron chi connectivity index (χ3n) is 2.99. The zero-order valence-electron chi connectivity index (χ0n) is 12.1. The summed E-state index contributed by atoms with van der Waals surface area (Å²) in [5.74, 6) is -1.24. The molecule has 0 atom stereocenters. The Morgan fingerprint density at radius 3 is 2.82 bits per heavy atom. The van der Waals surface area contributed by atoms with Crippen LogP contribution >= 0.6 is 11.3 Å². The van der Waals surface area contributed by atoms with Crippen LogP contribution in [0.25, 0.3) is 11.3 Å². The minimum Gasteiger partial charge on any atom is -0.477 e. The maximum absolute atomic E-state index is 11.7. The van der Waals surface area contributed by atoms with Gasteiger partial charge in [0.05, 0.1) is 5.69 Å². The van der Waals surface area contributed by atoms with E-state index in [-0.39, 0.29) is 15.9 Å². The average molecular weight is 319 g/mol. The van der Waals surface area contributed by atoms with Crippen LogP contribution in [0.5, 0.6) is 0 Å². The van der Waals surface area contributed by atoms with E-state index in [0.717, 1.165) is 24.2 Å². The molecule has 0 bridgehead atoms. The summed E-state index contributed by atoms with van der Waals surface area (Å²) in [7, 11) is 0. The second kappa shape index (κ2) is 7.04. The number of amides is 1. The van der Waals surface area contributed by atoms with Crippen LogP contribution in [0.2, 0.25) is 0 Å². The van der Waals surface area contributed by atoms with Crippen LogP contribution in [0, 0.1) is 0 Å². The van der Waals surface area contributed by atoms with Gasteiger partial charge in [0.2, 0.25) is 5.91 Å². The van der Waals surface area contributed by atoms with Crippen molar-refractivity contribution in [2.75, 3.05) is 11.1 Å². The molecule has 0 radical (unpaired) electrons. The second-order valence-electron chi connectivity index (χ2n) is 4.78. The van der Waals surface area contributed by atoms with Gasteiger partial charge in [-0.15, -0.1) is 0 Å². The molecule has 116 valence electrons. The maximum atomic E-state index is 11.7. The lowest BCUT2D eigenvalue weighted by molar-refractivity contribution is -0.116. The van der Waals surface area contributed by atoms with Crippen LogP contribution in [-0.4, -0.2) is 22.0 Å². The summed E-state index contributed by atoms with van der Waals surface area (Å²) < 4.78 is 0. The lowest BCUT2D eigenvalue weighted by atomic mass is 10.1. The average Bonchev–Trinajstić information content (AvgIpc) is 2.89. The molecule has 0 spiro atoms. The summed E-state index contributed by atoms with van der Waals surface area (Å²) in [5, 5.41) is 12.3. The molecule has 1 heterocycles. The number of carboxylic acid groups (broad SMARTS) is 1. The van der Waals surface area contributed by atoms with Crippen LogP contribution in [0.1, 0.15) is 35.9 Å². The monoisotopic (exact) mass is 319 g/mol. The number of carbonyl (C=O) groups excluding carboxylic acids is 1. The highest BCUT2D eigenvalue weighted by molar-refractivity contribution is 7.18. The Hall–Kier alpha value is -2.41. The van der Waals surface area contributed by atoms with Gasteiger partial charge >= 0.3 is 5.97 Å². The van der Waals surface area contributed by atoms with E-state index in [1.54, 1.807) is 24.3 Å². The third-order valence-corrected chi connectivity index (χ3v) is 3.94. The van der Waals surface area contributed by atoms with Crippen molar-refractivity contribution in [3.05, 3.63) is 29.1 Å². The highest BCUT2D eigenvalue weighted by Crippen LogP contribution is 2.32. The molecule has 2 aromatic rings. The van der Waals surface area contributed by atoms with Gasteiger partial charge in [0.1, 0.15) is 4.88 Å². The molecule has 0 aliphatic heterocycles. The molecule has 0 fully saturated rings. The summed E-state index contributed by atoms with van der Waals surface area (Å²) in [6.07, 6.45) is 2.09. The van der Waals surface area contributed by atoms with E-state index < -0.39 is 5.97 Å². The summed E-state index contributed by atoms with van der Waals surface area (Å²) >= 11 is 0.947. The standard InChI is InChI=1S/C15H17N3O3S/c1-2-3-7-11(19)17-15-18-12(13(22-15)14(20)21)9-5-4-6-10(16)8-9/h4-6,8H,2-3,7,16H2,1H3,(H,20,21)(H,17,18,19). The normalized spacial score (nSPS) is 10.4. The summed E-state index contributed by atoms with van der Waals surface area (Å²) in [5.41, 5.74) is 7.18. The predicted octanol–water partition coefficient (Wildman–Crippen LogP) is 3.22. The highest BCUT2D eigenvalue weighted by atomic mass is 32.1. The first-order valence-corrected chi connectivity index (χ1v) is 7.72. The predicted molar refractivity (Wildman–Crippen MR) is 87.1 cm³/mol. The Morgan fingerprint density at radius 2 is 2.18 bits per heavy atom. The summed E-state index contributed by atoms with van der Waals surface area (Å²) in [6.45, 7) is 2.00. The lowest BCUT2D eigenvalue weighted by Crippen LogP contribution is -2.10. The highest BCUT2D eigenvalue weighted by Gasteiger charge is 2.19. The number of nitrogens with one attached hydrogen (secondary N) is 1. The van der Waals surface area contributed by atoms with Crippen LogP contribution in [0.15, 0.2) is 24.3 Å². The van der Waals surface area contributed by atoms with E-state index >= 15 is 0 Å². The smallest absolute Gasteiger partial charge is 0.348 e. The number of nitrogen functional groups attached to an aromatic ring is 1. The van der Waals surface area contributed by atoms with Gasteiger partial charge in [-0.05, 0) is 18.6 Å². The Kier molecular flexibility index (Phi) is 5.11. The van der Waals surface area contributed by atoms with Crippen molar-refractivity contribution in [2.45, 2.75) is 26.2 Å². The number of aromatic carboxylic acids is 1. The van der Waals surface area contributed by atoms with Crippen molar-refractivity contribution in [3.63, 3.8) is 0 Å². The molecule has 6 nitrogen and oxygen atoms in total. The number of hydrogen-bond acceptors (Lipinski definition) is 5. The number of anilines is 2. The van der Waals surface area contributed by atoms with Crippen molar-refractivity contribution >= 4 is 34.0 Å². The topological polar surface area (TPSA) is 105 Å². The minimum absolute atomic E-state index is 0.0800. The number of nitrogens with two attached hydrogens (primary N) is 1. The van der Waals surface area contributed by atoms with Crippen molar-refractivity contribution in [3.8, 4) is 11.3 Å². The van der Waals surface area contributed by atoms with E-state index in [1.807, 2.05) is 6.92 Å². The van der Waals surface area contributed by atoms with Crippen LogP contribution in [0.4, 0.5) is 10.8 Å². The molecule has 0 aliphatic rings. The Morgan fingerprint density at radius 1 is 1.41 bits per heavy atom. The first kappa shape index (κ1) is 16.0. The van der Waals surface area contributed by atoms with Gasteiger partial charge in [0.15, 0.2) is 5.13 Å². The number of nitrogens with zero attached hydrogens (tertiary/aromatic N) is 1. The quantitative estimate of drug-likeness (QED) is 0.709. The SMILES string of the molecule is CCCCC(=O)Nc1nc(-c2cccc(N)c2)c(C(=O)O)s1.